The molecule has 0 saturated heterocycles. The molecule has 6 nitrogen and oxygen atoms in total. The minimum Gasteiger partial charge on any atom is -0.481 e. The lowest BCUT2D eigenvalue weighted by molar-refractivity contribution is -0.136. The number of aliphatic carboxylic acids is 1. The molecule has 0 bridgehead atoms. The first-order chi connectivity index (χ1) is 8.47. The van der Waals surface area contributed by atoms with E-state index in [1.807, 2.05) is 5.38 Å². The number of nitrogens with zero attached hydrogens (tertiary/aromatic N) is 1. The molecule has 2 rings (SSSR count). The van der Waals surface area contributed by atoms with Crippen molar-refractivity contribution in [3.05, 3.63) is 31.8 Å². The molecule has 94 valence electrons. The van der Waals surface area contributed by atoms with Crippen molar-refractivity contribution < 1.29 is 9.90 Å². The summed E-state index contributed by atoms with van der Waals surface area (Å²) < 4.78 is 0.873. The van der Waals surface area contributed by atoms with Crippen LogP contribution in [0.25, 0.3) is 10.7 Å². The molecule has 0 aliphatic heterocycles. The summed E-state index contributed by atoms with van der Waals surface area (Å²) in [4.78, 5) is 29.6. The average Bonchev–Trinajstić information content (AvgIpc) is 2.70. The molecule has 0 unspecified atom stereocenters. The maximum absolute atomic E-state index is 11.7. The van der Waals surface area contributed by atoms with Crippen molar-refractivity contribution in [2.24, 2.45) is 0 Å². The third-order valence-corrected chi connectivity index (χ3v) is 3.87. The Balaban J connectivity index is 2.48. The van der Waals surface area contributed by atoms with E-state index in [-0.39, 0.29) is 11.4 Å². The Hall–Kier alpha value is -1.67. The highest BCUT2D eigenvalue weighted by Gasteiger charge is 2.14. The fourth-order valence-electron chi connectivity index (χ4n) is 1.39. The van der Waals surface area contributed by atoms with Gasteiger partial charge in [-0.2, -0.15) is 0 Å². The molecule has 2 aromatic rings. The predicted octanol–water partition coefficient (Wildman–Crippen LogP) is 1.47. The Morgan fingerprint density at radius 3 is 2.83 bits per heavy atom. The Bertz CT molecular complexity index is 665. The van der Waals surface area contributed by atoms with Gasteiger partial charge in [0.25, 0.3) is 5.56 Å². The molecule has 18 heavy (non-hydrogen) atoms. The normalized spacial score (nSPS) is 10.5. The summed E-state index contributed by atoms with van der Waals surface area (Å²) >= 11 is 4.68. The minimum atomic E-state index is -1.12. The molecule has 0 atom stereocenters. The van der Waals surface area contributed by atoms with Crippen LogP contribution in [0.3, 0.4) is 0 Å². The molecule has 0 aliphatic rings. The van der Waals surface area contributed by atoms with Gasteiger partial charge in [-0.1, -0.05) is 0 Å². The molecule has 0 aromatic carbocycles. The lowest BCUT2D eigenvalue weighted by Gasteiger charge is -2.03. The highest BCUT2D eigenvalue weighted by molar-refractivity contribution is 9.10. The Morgan fingerprint density at radius 2 is 2.33 bits per heavy atom. The van der Waals surface area contributed by atoms with E-state index in [2.05, 4.69) is 25.9 Å². The van der Waals surface area contributed by atoms with Crippen LogP contribution in [0.5, 0.6) is 0 Å². The van der Waals surface area contributed by atoms with Crippen LogP contribution in [-0.4, -0.2) is 21.0 Å². The first-order valence-electron chi connectivity index (χ1n) is 4.82. The number of rotatable bonds is 3. The van der Waals surface area contributed by atoms with Gasteiger partial charge in [-0.25, -0.2) is 4.98 Å². The molecule has 0 saturated carbocycles. The zero-order valence-corrected chi connectivity index (χ0v) is 11.3. The lowest BCUT2D eigenvalue weighted by Crippen LogP contribution is -2.20. The molecular formula is C10H8BrN3O3S. The molecule has 2 aromatic heterocycles. The second kappa shape index (κ2) is 4.91. The van der Waals surface area contributed by atoms with Gasteiger partial charge in [0.1, 0.15) is 5.82 Å². The fourth-order valence-corrected chi connectivity index (χ4v) is 2.76. The van der Waals surface area contributed by atoms with Gasteiger partial charge < -0.3 is 15.8 Å². The molecule has 2 heterocycles. The van der Waals surface area contributed by atoms with Crippen LogP contribution in [0.4, 0.5) is 5.82 Å². The molecule has 8 heteroatoms. The Morgan fingerprint density at radius 1 is 1.61 bits per heavy atom. The van der Waals surface area contributed by atoms with E-state index in [4.69, 9.17) is 10.8 Å². The number of aromatic amines is 1. The standard InChI is InChI=1S/C10H8BrN3O3S/c11-4-1-6(18-3-4)9-13-8(12)5(2-7(15)16)10(17)14-9/h1,3H,2H2,(H,15,16)(H3,12,13,14,17). The molecule has 0 spiro atoms. The van der Waals surface area contributed by atoms with Crippen LogP contribution < -0.4 is 11.3 Å². The number of carboxylic acid groups (broad SMARTS) is 1. The predicted molar refractivity (Wildman–Crippen MR) is 71.6 cm³/mol. The number of nitrogen functional groups attached to an aromatic ring is 1. The molecule has 0 radical (unpaired) electrons. The van der Waals surface area contributed by atoms with Crippen LogP contribution >= 0.6 is 27.3 Å². The van der Waals surface area contributed by atoms with Gasteiger partial charge in [-0.15, -0.1) is 11.3 Å². The summed E-state index contributed by atoms with van der Waals surface area (Å²) in [6.07, 6.45) is -0.442. The fraction of sp³-hybridized carbons (Fsp3) is 0.100. The van der Waals surface area contributed by atoms with Crippen LogP contribution in [-0.2, 0) is 11.2 Å². The van der Waals surface area contributed by atoms with Gasteiger partial charge in [0, 0.05) is 9.85 Å². The zero-order chi connectivity index (χ0) is 13.3. The van der Waals surface area contributed by atoms with Gasteiger partial charge in [-0.3, -0.25) is 9.59 Å². The van der Waals surface area contributed by atoms with E-state index in [9.17, 15) is 9.59 Å². The number of nitrogens with one attached hydrogen (secondary N) is 1. The molecular weight excluding hydrogens is 322 g/mol. The van der Waals surface area contributed by atoms with Gasteiger partial charge in [0.2, 0.25) is 0 Å². The van der Waals surface area contributed by atoms with Crippen molar-refractivity contribution in [3.8, 4) is 10.7 Å². The number of hydrogen-bond donors (Lipinski definition) is 3. The third-order valence-electron chi connectivity index (χ3n) is 2.18. The third kappa shape index (κ3) is 2.59. The molecule has 0 fully saturated rings. The number of nitrogens with two attached hydrogens (primary N) is 1. The SMILES string of the molecule is Nc1nc(-c2cc(Br)cs2)[nH]c(=O)c1CC(=O)O. The summed E-state index contributed by atoms with van der Waals surface area (Å²) in [6, 6.07) is 1.79. The number of carbonyl (C=O) groups is 1. The number of hydrogen-bond acceptors (Lipinski definition) is 5. The van der Waals surface area contributed by atoms with Crippen LogP contribution in [0.2, 0.25) is 0 Å². The van der Waals surface area contributed by atoms with Crippen molar-refractivity contribution >= 4 is 39.1 Å². The highest BCUT2D eigenvalue weighted by Crippen LogP contribution is 2.27. The van der Waals surface area contributed by atoms with E-state index < -0.39 is 17.9 Å². The largest absolute Gasteiger partial charge is 0.481 e. The number of carboxylic acids is 1. The van der Waals surface area contributed by atoms with E-state index in [1.54, 1.807) is 6.07 Å². The summed E-state index contributed by atoms with van der Waals surface area (Å²) in [6.45, 7) is 0. The second-order valence-electron chi connectivity index (χ2n) is 3.48. The minimum absolute atomic E-state index is 0.0260. The first kappa shape index (κ1) is 12.8. The number of aromatic nitrogens is 2. The summed E-state index contributed by atoms with van der Waals surface area (Å²) in [5.74, 6) is -0.844. The number of anilines is 1. The van der Waals surface area contributed by atoms with Crippen LogP contribution in [0.1, 0.15) is 5.56 Å². The van der Waals surface area contributed by atoms with Crippen molar-refractivity contribution in [2.75, 3.05) is 5.73 Å². The van der Waals surface area contributed by atoms with Crippen molar-refractivity contribution in [2.45, 2.75) is 6.42 Å². The van der Waals surface area contributed by atoms with Gasteiger partial charge in [0.05, 0.1) is 16.9 Å². The van der Waals surface area contributed by atoms with Crippen molar-refractivity contribution in [3.63, 3.8) is 0 Å². The zero-order valence-electron chi connectivity index (χ0n) is 8.94. The Kier molecular flexibility index (Phi) is 3.48. The van der Waals surface area contributed by atoms with E-state index >= 15 is 0 Å². The van der Waals surface area contributed by atoms with E-state index in [0.29, 0.717) is 5.82 Å². The van der Waals surface area contributed by atoms with Gasteiger partial charge in [0.15, 0.2) is 5.82 Å². The molecule has 4 N–H and O–H groups in total. The summed E-state index contributed by atoms with van der Waals surface area (Å²) in [7, 11) is 0. The summed E-state index contributed by atoms with van der Waals surface area (Å²) in [5, 5.41) is 10.5. The van der Waals surface area contributed by atoms with Gasteiger partial charge >= 0.3 is 5.97 Å². The Labute approximate surface area is 114 Å². The average molecular weight is 330 g/mol. The van der Waals surface area contributed by atoms with E-state index in [0.717, 1.165) is 9.35 Å². The number of H-pyrrole nitrogens is 1. The van der Waals surface area contributed by atoms with Crippen LogP contribution in [0.15, 0.2) is 20.7 Å². The number of thiophene rings is 1. The monoisotopic (exact) mass is 329 g/mol. The maximum atomic E-state index is 11.7. The molecule has 0 amide bonds. The smallest absolute Gasteiger partial charge is 0.308 e. The maximum Gasteiger partial charge on any atom is 0.308 e. The summed E-state index contributed by atoms with van der Waals surface area (Å²) in [5.41, 5.74) is 5.06. The topological polar surface area (TPSA) is 109 Å². The first-order valence-corrected chi connectivity index (χ1v) is 6.49. The van der Waals surface area contributed by atoms with E-state index in [1.165, 1.54) is 11.3 Å². The second-order valence-corrected chi connectivity index (χ2v) is 5.30. The van der Waals surface area contributed by atoms with Crippen molar-refractivity contribution in [1.29, 1.82) is 0 Å². The van der Waals surface area contributed by atoms with Crippen LogP contribution in [0, 0.1) is 0 Å². The highest BCUT2D eigenvalue weighted by atomic mass is 79.9. The molecule has 0 aliphatic carbocycles. The number of halogens is 1. The van der Waals surface area contributed by atoms with Crippen molar-refractivity contribution in [1.82, 2.24) is 9.97 Å². The van der Waals surface area contributed by atoms with Gasteiger partial charge in [-0.05, 0) is 22.0 Å². The quantitative estimate of drug-likeness (QED) is 0.790. The lowest BCUT2D eigenvalue weighted by atomic mass is 10.2.